The summed E-state index contributed by atoms with van der Waals surface area (Å²) < 4.78 is 12.7. The first-order valence-electron chi connectivity index (χ1n) is 9.41. The van der Waals surface area contributed by atoms with Crippen molar-refractivity contribution in [3.05, 3.63) is 97.1 Å². The standard InChI is InChI=1S/C24H16BNO2/c1-2-9-17(10-3-1)28-25-18-11-4-5-13-20(18)26-21-14-6-7-15-22(21)27-23-16-8-12-19(25)24(23)26/h1-16H. The molecular formula is C24H16BNO2. The molecular weight excluding hydrogens is 345 g/mol. The highest BCUT2D eigenvalue weighted by molar-refractivity contribution is 6.84. The highest BCUT2D eigenvalue weighted by atomic mass is 16.5. The first-order chi connectivity index (χ1) is 13.9. The smallest absolute Gasteiger partial charge is 0.430 e. The summed E-state index contributed by atoms with van der Waals surface area (Å²) in [5.74, 6) is 2.57. The molecule has 4 aromatic rings. The molecule has 0 saturated carbocycles. The second-order valence-electron chi connectivity index (χ2n) is 6.97. The number of hydrogen-bond acceptors (Lipinski definition) is 3. The largest absolute Gasteiger partial charge is 0.551 e. The Labute approximate surface area is 163 Å². The zero-order valence-electron chi connectivity index (χ0n) is 15.1. The van der Waals surface area contributed by atoms with Crippen molar-refractivity contribution in [3.63, 3.8) is 0 Å². The van der Waals surface area contributed by atoms with E-state index in [4.69, 9.17) is 9.39 Å². The van der Waals surface area contributed by atoms with Gasteiger partial charge in [0.25, 0.3) is 0 Å². The van der Waals surface area contributed by atoms with Crippen LogP contribution >= 0.6 is 0 Å². The van der Waals surface area contributed by atoms with Crippen molar-refractivity contribution < 1.29 is 9.39 Å². The summed E-state index contributed by atoms with van der Waals surface area (Å²) in [6.45, 7) is -0.196. The first-order valence-corrected chi connectivity index (χ1v) is 9.41. The Balaban J connectivity index is 1.60. The average molecular weight is 361 g/mol. The van der Waals surface area contributed by atoms with Gasteiger partial charge < -0.3 is 14.3 Å². The van der Waals surface area contributed by atoms with E-state index in [2.05, 4.69) is 41.3 Å². The molecule has 0 aromatic heterocycles. The van der Waals surface area contributed by atoms with E-state index in [1.165, 1.54) is 0 Å². The third kappa shape index (κ3) is 2.18. The van der Waals surface area contributed by atoms with Crippen molar-refractivity contribution in [3.8, 4) is 17.2 Å². The third-order valence-corrected chi connectivity index (χ3v) is 5.32. The lowest BCUT2D eigenvalue weighted by Gasteiger charge is -2.40. The summed E-state index contributed by atoms with van der Waals surface area (Å²) in [7, 11) is 0. The van der Waals surface area contributed by atoms with Gasteiger partial charge in [-0.2, -0.15) is 0 Å². The molecule has 2 aliphatic heterocycles. The quantitative estimate of drug-likeness (QED) is 0.423. The highest BCUT2D eigenvalue weighted by Gasteiger charge is 2.41. The van der Waals surface area contributed by atoms with Crippen molar-refractivity contribution in [2.45, 2.75) is 0 Å². The Hall–Kier alpha value is -3.66. The molecule has 2 heterocycles. The van der Waals surface area contributed by atoms with Crippen LogP contribution in [-0.2, 0) is 0 Å². The number of benzene rings is 4. The number of rotatable bonds is 2. The average Bonchev–Trinajstić information content (AvgIpc) is 2.76. The highest BCUT2D eigenvalue weighted by Crippen LogP contribution is 2.50. The van der Waals surface area contributed by atoms with E-state index in [9.17, 15) is 0 Å². The van der Waals surface area contributed by atoms with Gasteiger partial charge in [0.2, 0.25) is 0 Å². The SMILES string of the molecule is c1ccc(OB2c3ccccc3N3c4ccccc4Oc4cccc2c43)cc1. The van der Waals surface area contributed by atoms with E-state index in [0.29, 0.717) is 0 Å². The Kier molecular flexibility index (Phi) is 3.26. The van der Waals surface area contributed by atoms with Gasteiger partial charge >= 0.3 is 6.92 Å². The molecule has 0 saturated heterocycles. The summed E-state index contributed by atoms with van der Waals surface area (Å²) in [5, 5.41) is 0. The minimum atomic E-state index is -0.196. The van der Waals surface area contributed by atoms with Gasteiger partial charge in [-0.25, -0.2) is 0 Å². The molecule has 132 valence electrons. The van der Waals surface area contributed by atoms with Crippen LogP contribution in [0.1, 0.15) is 0 Å². The van der Waals surface area contributed by atoms with Crippen LogP contribution in [-0.4, -0.2) is 6.92 Å². The van der Waals surface area contributed by atoms with Crippen LogP contribution in [0.4, 0.5) is 17.1 Å². The van der Waals surface area contributed by atoms with Crippen molar-refractivity contribution in [2.75, 3.05) is 4.90 Å². The molecule has 0 atom stereocenters. The molecule has 3 nitrogen and oxygen atoms in total. The van der Waals surface area contributed by atoms with Crippen LogP contribution in [0.15, 0.2) is 97.1 Å². The second-order valence-corrected chi connectivity index (χ2v) is 6.97. The number of ether oxygens (including phenoxy) is 1. The van der Waals surface area contributed by atoms with Gasteiger partial charge in [0.15, 0.2) is 11.5 Å². The molecule has 0 N–H and O–H groups in total. The monoisotopic (exact) mass is 361 g/mol. The van der Waals surface area contributed by atoms with Crippen molar-refractivity contribution in [1.29, 1.82) is 0 Å². The first kappa shape index (κ1) is 15.4. The minimum Gasteiger partial charge on any atom is -0.551 e. The summed E-state index contributed by atoms with van der Waals surface area (Å²) in [4.78, 5) is 2.30. The van der Waals surface area contributed by atoms with Crippen LogP contribution in [0.25, 0.3) is 0 Å². The summed E-state index contributed by atoms with van der Waals surface area (Å²) in [6, 6.07) is 32.8. The molecule has 0 radical (unpaired) electrons. The third-order valence-electron chi connectivity index (χ3n) is 5.32. The molecule has 0 spiro atoms. The fourth-order valence-electron chi connectivity index (χ4n) is 4.13. The van der Waals surface area contributed by atoms with Crippen molar-refractivity contribution in [1.82, 2.24) is 0 Å². The van der Waals surface area contributed by atoms with Gasteiger partial charge in [0, 0.05) is 5.69 Å². The normalized spacial score (nSPS) is 13.1. The lowest BCUT2D eigenvalue weighted by molar-refractivity contribution is 0.477. The fraction of sp³-hybridized carbons (Fsp3) is 0. The van der Waals surface area contributed by atoms with E-state index in [-0.39, 0.29) is 6.92 Å². The molecule has 0 bridgehead atoms. The summed E-state index contributed by atoms with van der Waals surface area (Å²) >= 11 is 0. The van der Waals surface area contributed by atoms with Crippen LogP contribution < -0.4 is 25.2 Å². The van der Waals surface area contributed by atoms with Gasteiger partial charge in [-0.05, 0) is 47.3 Å². The maximum Gasteiger partial charge on any atom is 0.430 e. The number of fused-ring (bicyclic) bond motifs is 4. The molecule has 0 aliphatic carbocycles. The zero-order chi connectivity index (χ0) is 18.5. The molecule has 4 aromatic carbocycles. The number of hydrogen-bond donors (Lipinski definition) is 0. The Morgan fingerprint density at radius 3 is 2.18 bits per heavy atom. The lowest BCUT2D eigenvalue weighted by Crippen LogP contribution is -2.54. The predicted octanol–water partition coefficient (Wildman–Crippen LogP) is 4.76. The number of para-hydroxylation sites is 5. The van der Waals surface area contributed by atoms with Crippen molar-refractivity contribution >= 4 is 34.9 Å². The topological polar surface area (TPSA) is 21.7 Å². The molecule has 28 heavy (non-hydrogen) atoms. The summed E-state index contributed by atoms with van der Waals surface area (Å²) in [6.07, 6.45) is 0. The predicted molar refractivity (Wildman–Crippen MR) is 113 cm³/mol. The fourth-order valence-corrected chi connectivity index (χ4v) is 4.13. The number of nitrogens with zero attached hydrogens (tertiary/aromatic N) is 1. The van der Waals surface area contributed by atoms with Crippen LogP contribution in [0.5, 0.6) is 17.2 Å². The molecule has 6 rings (SSSR count). The molecule has 0 fully saturated rings. The maximum absolute atomic E-state index is 6.49. The van der Waals surface area contributed by atoms with Crippen LogP contribution in [0.2, 0.25) is 0 Å². The maximum atomic E-state index is 6.49. The van der Waals surface area contributed by atoms with Gasteiger partial charge in [-0.15, -0.1) is 0 Å². The van der Waals surface area contributed by atoms with Gasteiger partial charge in [-0.3, -0.25) is 0 Å². The number of anilines is 3. The summed E-state index contributed by atoms with van der Waals surface area (Å²) in [5.41, 5.74) is 5.48. The van der Waals surface area contributed by atoms with E-state index < -0.39 is 0 Å². The minimum absolute atomic E-state index is 0.196. The van der Waals surface area contributed by atoms with Crippen molar-refractivity contribution in [2.24, 2.45) is 0 Å². The Morgan fingerprint density at radius 2 is 1.29 bits per heavy atom. The molecule has 2 aliphatic rings. The molecule has 0 amide bonds. The molecule has 4 heteroatoms. The lowest BCUT2D eigenvalue weighted by atomic mass is 9.52. The van der Waals surface area contributed by atoms with Gasteiger partial charge in [-0.1, -0.05) is 60.7 Å². The second kappa shape index (κ2) is 5.93. The van der Waals surface area contributed by atoms with Crippen LogP contribution in [0, 0.1) is 0 Å². The zero-order valence-corrected chi connectivity index (χ0v) is 15.1. The van der Waals surface area contributed by atoms with E-state index >= 15 is 0 Å². The van der Waals surface area contributed by atoms with E-state index in [0.717, 1.165) is 45.2 Å². The Morgan fingerprint density at radius 1 is 0.607 bits per heavy atom. The molecule has 0 unspecified atom stereocenters. The van der Waals surface area contributed by atoms with Gasteiger partial charge in [0.05, 0.1) is 17.1 Å². The Bertz CT molecular complexity index is 1190. The van der Waals surface area contributed by atoms with Crippen LogP contribution in [0.3, 0.4) is 0 Å². The van der Waals surface area contributed by atoms with Gasteiger partial charge in [0.1, 0.15) is 0 Å². The van der Waals surface area contributed by atoms with E-state index in [1.54, 1.807) is 0 Å². The van der Waals surface area contributed by atoms with E-state index in [1.807, 2.05) is 60.7 Å².